The van der Waals surface area contributed by atoms with Gasteiger partial charge in [0.25, 0.3) is 0 Å². The highest BCUT2D eigenvalue weighted by Gasteiger charge is 2.26. The maximum absolute atomic E-state index is 5.14. The van der Waals surface area contributed by atoms with Crippen molar-refractivity contribution in [2.24, 2.45) is 7.05 Å². The molecule has 7 nitrogen and oxygen atoms in total. The monoisotopic (exact) mass is 549 g/mol. The number of nitrogens with zero attached hydrogens (tertiary/aromatic N) is 6. The van der Waals surface area contributed by atoms with E-state index in [0.29, 0.717) is 5.92 Å². The first kappa shape index (κ1) is 20.1. The predicted molar refractivity (Wildman–Crippen MR) is 127 cm³/mol. The maximum Gasteiger partial charge on any atom is 0.165 e. The Balaban J connectivity index is 1.71. The minimum absolute atomic E-state index is 0.446. The summed E-state index contributed by atoms with van der Waals surface area (Å²) in [7, 11) is 1.91. The average Bonchev–Trinajstić information content (AvgIpc) is 3.44. The topological polar surface area (TPSA) is 72.9 Å². The number of hydrogen-bond acceptors (Lipinski definition) is 6. The summed E-state index contributed by atoms with van der Waals surface area (Å²) in [5.41, 5.74) is 4.88. The SMILES string of the molecule is Cc1cc(Nc2c(Br)c(C3CCCCC3)nc3c(-c4cnn(C)c4Br)cnn23)sn1. The third-order valence-electron chi connectivity index (χ3n) is 5.63. The van der Waals surface area contributed by atoms with Crippen molar-refractivity contribution >= 4 is 59.9 Å². The van der Waals surface area contributed by atoms with Crippen LogP contribution >= 0.6 is 43.4 Å². The van der Waals surface area contributed by atoms with Crippen molar-refractivity contribution in [3.63, 3.8) is 0 Å². The van der Waals surface area contributed by atoms with Crippen molar-refractivity contribution in [3.05, 3.63) is 38.9 Å². The van der Waals surface area contributed by atoms with Crippen LogP contribution in [-0.4, -0.2) is 28.8 Å². The Hall–Kier alpha value is -1.78. The Morgan fingerprint density at radius 3 is 2.53 bits per heavy atom. The van der Waals surface area contributed by atoms with Gasteiger partial charge in [-0.15, -0.1) is 0 Å². The van der Waals surface area contributed by atoms with Crippen LogP contribution in [0.4, 0.5) is 10.8 Å². The Morgan fingerprint density at radius 1 is 1.10 bits per heavy atom. The van der Waals surface area contributed by atoms with Crippen molar-refractivity contribution in [2.75, 3.05) is 5.32 Å². The van der Waals surface area contributed by atoms with Crippen molar-refractivity contribution in [2.45, 2.75) is 44.9 Å². The van der Waals surface area contributed by atoms with E-state index in [1.807, 2.05) is 36.9 Å². The molecule has 4 heterocycles. The summed E-state index contributed by atoms with van der Waals surface area (Å²) in [6.45, 7) is 2.00. The first-order valence-electron chi connectivity index (χ1n) is 9.98. The molecule has 0 atom stereocenters. The van der Waals surface area contributed by atoms with Crippen molar-refractivity contribution in [1.29, 1.82) is 0 Å². The Kier molecular flexibility index (Phi) is 5.40. The molecule has 156 valence electrons. The molecule has 0 amide bonds. The van der Waals surface area contributed by atoms with E-state index in [4.69, 9.17) is 4.98 Å². The zero-order chi connectivity index (χ0) is 20.8. The van der Waals surface area contributed by atoms with Crippen LogP contribution in [0.1, 0.15) is 49.4 Å². The van der Waals surface area contributed by atoms with Crippen molar-refractivity contribution < 1.29 is 0 Å². The third kappa shape index (κ3) is 3.48. The highest BCUT2D eigenvalue weighted by atomic mass is 79.9. The molecule has 0 bridgehead atoms. The minimum Gasteiger partial charge on any atom is -0.330 e. The zero-order valence-corrected chi connectivity index (χ0v) is 20.7. The van der Waals surface area contributed by atoms with Gasteiger partial charge in [-0.1, -0.05) is 19.3 Å². The number of anilines is 2. The van der Waals surface area contributed by atoms with Gasteiger partial charge < -0.3 is 5.32 Å². The lowest BCUT2D eigenvalue weighted by molar-refractivity contribution is 0.435. The summed E-state index contributed by atoms with van der Waals surface area (Å²) in [6.07, 6.45) is 9.86. The van der Waals surface area contributed by atoms with Gasteiger partial charge in [-0.25, -0.2) is 4.98 Å². The van der Waals surface area contributed by atoms with E-state index in [2.05, 4.69) is 51.7 Å². The molecular formula is C20H21Br2N7S. The summed E-state index contributed by atoms with van der Waals surface area (Å²) in [5, 5.41) is 13.6. The van der Waals surface area contributed by atoms with Gasteiger partial charge >= 0.3 is 0 Å². The van der Waals surface area contributed by atoms with Gasteiger partial charge in [-0.2, -0.15) is 19.1 Å². The number of hydrogen-bond donors (Lipinski definition) is 1. The van der Waals surface area contributed by atoms with Gasteiger partial charge in [-0.3, -0.25) is 4.68 Å². The van der Waals surface area contributed by atoms with Gasteiger partial charge in [0.2, 0.25) is 0 Å². The molecule has 0 radical (unpaired) electrons. The highest BCUT2D eigenvalue weighted by molar-refractivity contribution is 9.11. The molecule has 1 fully saturated rings. The summed E-state index contributed by atoms with van der Waals surface area (Å²) >= 11 is 8.95. The molecule has 10 heteroatoms. The van der Waals surface area contributed by atoms with Crippen LogP contribution in [0.2, 0.25) is 0 Å². The Labute approximate surface area is 195 Å². The second kappa shape index (κ2) is 8.05. The van der Waals surface area contributed by atoms with Crippen LogP contribution in [0.15, 0.2) is 27.5 Å². The van der Waals surface area contributed by atoms with Crippen LogP contribution < -0.4 is 5.32 Å². The van der Waals surface area contributed by atoms with Gasteiger partial charge in [0.05, 0.1) is 33.8 Å². The summed E-state index contributed by atoms with van der Waals surface area (Å²) in [5.74, 6) is 1.33. The number of rotatable bonds is 4. The number of fused-ring (bicyclic) bond motifs is 1. The number of halogens is 2. The molecule has 30 heavy (non-hydrogen) atoms. The second-order valence-corrected chi connectivity index (χ2v) is 10.1. The minimum atomic E-state index is 0.446. The van der Waals surface area contributed by atoms with Crippen molar-refractivity contribution in [1.82, 2.24) is 28.8 Å². The molecule has 0 aliphatic heterocycles. The lowest BCUT2D eigenvalue weighted by Crippen LogP contribution is -2.11. The third-order valence-corrected chi connectivity index (χ3v) is 8.15. The van der Waals surface area contributed by atoms with Gasteiger partial charge in [0, 0.05) is 18.5 Å². The molecule has 1 saturated carbocycles. The van der Waals surface area contributed by atoms with E-state index in [-0.39, 0.29) is 0 Å². The van der Waals surface area contributed by atoms with Gasteiger partial charge in [0.1, 0.15) is 9.60 Å². The molecule has 1 aliphatic rings. The van der Waals surface area contributed by atoms with Crippen molar-refractivity contribution in [3.8, 4) is 11.1 Å². The molecule has 4 aromatic rings. The van der Waals surface area contributed by atoms with Gasteiger partial charge in [-0.05, 0) is 69.2 Å². The average molecular weight is 551 g/mol. The zero-order valence-electron chi connectivity index (χ0n) is 16.7. The first-order valence-corrected chi connectivity index (χ1v) is 12.3. The van der Waals surface area contributed by atoms with E-state index in [1.165, 1.54) is 43.6 Å². The first-order chi connectivity index (χ1) is 14.5. The van der Waals surface area contributed by atoms with E-state index in [9.17, 15) is 0 Å². The molecule has 4 aromatic heterocycles. The summed E-state index contributed by atoms with van der Waals surface area (Å²) < 4.78 is 9.97. The Morgan fingerprint density at radius 2 is 1.87 bits per heavy atom. The summed E-state index contributed by atoms with van der Waals surface area (Å²) in [6, 6.07) is 2.05. The molecule has 0 saturated heterocycles. The van der Waals surface area contributed by atoms with Crippen LogP contribution in [0.25, 0.3) is 16.8 Å². The van der Waals surface area contributed by atoms with Gasteiger partial charge in [0.15, 0.2) is 11.5 Å². The molecular weight excluding hydrogens is 530 g/mol. The standard InChI is InChI=1S/C20H21Br2N7S/c1-11-8-15(30-27-11)25-20-16(21)17(12-6-4-3-5-7-12)26-19-14(10-24-29(19)20)13-9-23-28(2)18(13)22/h8-10,12,25H,3-7H2,1-2H3. The molecule has 0 aromatic carbocycles. The molecule has 1 N–H and O–H groups in total. The molecule has 0 spiro atoms. The molecule has 1 aliphatic carbocycles. The van der Waals surface area contributed by atoms with Crippen LogP contribution in [0, 0.1) is 6.92 Å². The fraction of sp³-hybridized carbons (Fsp3) is 0.400. The fourth-order valence-electron chi connectivity index (χ4n) is 4.08. The predicted octanol–water partition coefficient (Wildman–Crippen LogP) is 6.21. The Bertz CT molecular complexity index is 1220. The van der Waals surface area contributed by atoms with E-state index in [1.54, 1.807) is 4.68 Å². The normalized spacial score (nSPS) is 15.2. The lowest BCUT2D eigenvalue weighted by atomic mass is 9.87. The smallest absolute Gasteiger partial charge is 0.165 e. The highest BCUT2D eigenvalue weighted by Crippen LogP contribution is 2.41. The van der Waals surface area contributed by atoms with Crippen LogP contribution in [-0.2, 0) is 7.05 Å². The molecule has 5 rings (SSSR count). The molecule has 0 unspecified atom stereocenters. The van der Waals surface area contributed by atoms with Crippen LogP contribution in [0.5, 0.6) is 0 Å². The van der Waals surface area contributed by atoms with E-state index in [0.717, 1.165) is 48.1 Å². The maximum atomic E-state index is 5.14. The number of nitrogens with one attached hydrogen (secondary N) is 1. The fourth-order valence-corrected chi connectivity index (χ4v) is 5.83. The van der Waals surface area contributed by atoms with Crippen LogP contribution in [0.3, 0.4) is 0 Å². The summed E-state index contributed by atoms with van der Waals surface area (Å²) in [4.78, 5) is 5.14. The van der Waals surface area contributed by atoms with E-state index < -0.39 is 0 Å². The number of aryl methyl sites for hydroxylation is 2. The van der Waals surface area contributed by atoms with E-state index >= 15 is 0 Å². The lowest BCUT2D eigenvalue weighted by Gasteiger charge is -2.23. The largest absolute Gasteiger partial charge is 0.330 e. The quantitative estimate of drug-likeness (QED) is 0.327. The second-order valence-electron chi connectivity index (χ2n) is 7.72. The number of aromatic nitrogens is 6.